The van der Waals surface area contributed by atoms with E-state index in [1.54, 1.807) is 0 Å². The minimum absolute atomic E-state index is 0.0276. The average molecular weight is 397 g/mol. The Balaban J connectivity index is 2.57. The lowest BCUT2D eigenvalue weighted by molar-refractivity contribution is 0.232. The predicted octanol–water partition coefficient (Wildman–Crippen LogP) is 3.25. The summed E-state index contributed by atoms with van der Waals surface area (Å²) in [6.07, 6.45) is 0. The molecule has 0 bridgehead atoms. The number of alkyl halides is 2. The van der Waals surface area contributed by atoms with Gasteiger partial charge in [-0.1, -0.05) is 11.6 Å². The third-order valence-corrected chi connectivity index (χ3v) is 4.95. The SMILES string of the molecule is O=S(=O)(c1ccc(Oc2cc(F)cc(Cl)c2)c(CO)c1CO)C(F)F. The highest BCUT2D eigenvalue weighted by Crippen LogP contribution is 2.34. The normalized spacial score (nSPS) is 11.8. The second-order valence-electron chi connectivity index (χ2n) is 4.85. The molecule has 10 heteroatoms. The number of benzene rings is 2. The molecular formula is C15H12ClF3O5S. The summed E-state index contributed by atoms with van der Waals surface area (Å²) in [5.41, 5.74) is -0.646. The summed E-state index contributed by atoms with van der Waals surface area (Å²) >= 11 is 5.70. The molecule has 0 aliphatic carbocycles. The molecule has 136 valence electrons. The van der Waals surface area contributed by atoms with E-state index < -0.39 is 45.1 Å². The maximum absolute atomic E-state index is 13.4. The van der Waals surface area contributed by atoms with E-state index in [4.69, 9.17) is 16.3 Å². The molecular weight excluding hydrogens is 385 g/mol. The van der Waals surface area contributed by atoms with Gasteiger partial charge in [-0.3, -0.25) is 0 Å². The first kappa shape index (κ1) is 19.5. The summed E-state index contributed by atoms with van der Waals surface area (Å²) in [6.45, 7) is -1.74. The van der Waals surface area contributed by atoms with Gasteiger partial charge in [-0.05, 0) is 24.3 Å². The number of aliphatic hydroxyl groups excluding tert-OH is 2. The van der Waals surface area contributed by atoms with Crippen molar-refractivity contribution in [3.63, 3.8) is 0 Å². The van der Waals surface area contributed by atoms with E-state index in [0.717, 1.165) is 24.3 Å². The van der Waals surface area contributed by atoms with E-state index in [9.17, 15) is 31.8 Å². The molecule has 5 nitrogen and oxygen atoms in total. The van der Waals surface area contributed by atoms with Gasteiger partial charge in [-0.15, -0.1) is 0 Å². The molecule has 0 saturated heterocycles. The van der Waals surface area contributed by atoms with Gasteiger partial charge in [0.2, 0.25) is 9.84 Å². The van der Waals surface area contributed by atoms with Crippen LogP contribution in [0.1, 0.15) is 11.1 Å². The maximum Gasteiger partial charge on any atom is 0.341 e. The fraction of sp³-hybridized carbons (Fsp3) is 0.200. The molecule has 0 atom stereocenters. The Labute approximate surface area is 146 Å². The van der Waals surface area contributed by atoms with E-state index >= 15 is 0 Å². The van der Waals surface area contributed by atoms with Crippen LogP contribution in [0.25, 0.3) is 0 Å². The number of rotatable bonds is 6. The van der Waals surface area contributed by atoms with Crippen LogP contribution >= 0.6 is 11.6 Å². The largest absolute Gasteiger partial charge is 0.457 e. The highest BCUT2D eigenvalue weighted by molar-refractivity contribution is 7.91. The molecule has 0 aromatic heterocycles. The number of halogens is 4. The summed E-state index contributed by atoms with van der Waals surface area (Å²) in [5, 5.41) is 18.9. The Kier molecular flexibility index (Phi) is 5.94. The molecule has 25 heavy (non-hydrogen) atoms. The molecule has 0 aliphatic heterocycles. The molecule has 0 saturated carbocycles. The van der Waals surface area contributed by atoms with E-state index in [0.29, 0.717) is 0 Å². The smallest absolute Gasteiger partial charge is 0.341 e. The molecule has 0 heterocycles. The molecule has 0 amide bonds. The molecule has 0 fully saturated rings. The van der Waals surface area contributed by atoms with Crippen molar-refractivity contribution in [2.75, 3.05) is 0 Å². The van der Waals surface area contributed by atoms with Gasteiger partial charge < -0.3 is 14.9 Å². The van der Waals surface area contributed by atoms with Crippen LogP contribution in [0.3, 0.4) is 0 Å². The van der Waals surface area contributed by atoms with Crippen LogP contribution in [0.4, 0.5) is 13.2 Å². The summed E-state index contributed by atoms with van der Waals surface area (Å²) in [6, 6.07) is 5.11. The molecule has 2 aromatic rings. The van der Waals surface area contributed by atoms with Gasteiger partial charge in [-0.2, -0.15) is 8.78 Å². The minimum atomic E-state index is -5.00. The van der Waals surface area contributed by atoms with Crippen LogP contribution in [-0.2, 0) is 23.1 Å². The zero-order valence-corrected chi connectivity index (χ0v) is 14.0. The highest BCUT2D eigenvalue weighted by Gasteiger charge is 2.31. The van der Waals surface area contributed by atoms with Crippen LogP contribution in [0.5, 0.6) is 11.5 Å². The Hall–Kier alpha value is -1.81. The molecule has 0 aliphatic rings. The second kappa shape index (κ2) is 7.61. The van der Waals surface area contributed by atoms with Gasteiger partial charge in [0.05, 0.1) is 18.1 Å². The van der Waals surface area contributed by atoms with E-state index in [1.807, 2.05) is 0 Å². The molecule has 0 unspecified atom stereocenters. The van der Waals surface area contributed by atoms with Gasteiger partial charge in [0, 0.05) is 22.2 Å². The first-order valence-corrected chi connectivity index (χ1v) is 8.65. The lowest BCUT2D eigenvalue weighted by Gasteiger charge is -2.16. The number of aliphatic hydroxyl groups is 2. The van der Waals surface area contributed by atoms with Crippen LogP contribution in [0.2, 0.25) is 5.02 Å². The maximum atomic E-state index is 13.4. The Morgan fingerprint density at radius 2 is 1.72 bits per heavy atom. The third kappa shape index (κ3) is 4.06. The van der Waals surface area contributed by atoms with E-state index in [1.165, 1.54) is 6.07 Å². The van der Waals surface area contributed by atoms with Crippen molar-refractivity contribution in [3.8, 4) is 11.5 Å². The zero-order chi connectivity index (χ0) is 18.8. The van der Waals surface area contributed by atoms with Gasteiger partial charge in [0.1, 0.15) is 17.3 Å². The number of hydrogen-bond acceptors (Lipinski definition) is 5. The third-order valence-electron chi connectivity index (χ3n) is 3.27. The van der Waals surface area contributed by atoms with Crippen molar-refractivity contribution in [2.24, 2.45) is 0 Å². The van der Waals surface area contributed by atoms with Crippen molar-refractivity contribution in [3.05, 3.63) is 52.3 Å². The summed E-state index contributed by atoms with van der Waals surface area (Å²) < 4.78 is 67.6. The summed E-state index contributed by atoms with van der Waals surface area (Å²) in [4.78, 5) is -0.821. The first-order chi connectivity index (χ1) is 11.7. The molecule has 2 rings (SSSR count). The second-order valence-corrected chi connectivity index (χ2v) is 7.17. The topological polar surface area (TPSA) is 83.8 Å². The Bertz CT molecular complexity index is 867. The van der Waals surface area contributed by atoms with E-state index in [2.05, 4.69) is 0 Å². The average Bonchev–Trinajstić information content (AvgIpc) is 2.52. The molecule has 0 spiro atoms. The molecule has 2 N–H and O–H groups in total. The fourth-order valence-corrected chi connectivity index (χ4v) is 3.36. The number of sulfone groups is 1. The summed E-state index contributed by atoms with van der Waals surface area (Å²) in [7, 11) is -5.00. The van der Waals surface area contributed by atoms with Crippen molar-refractivity contribution < 1.29 is 36.5 Å². The van der Waals surface area contributed by atoms with Gasteiger partial charge in [-0.25, -0.2) is 12.8 Å². The standard InChI is InChI=1S/C15H12ClF3O5S/c16-8-3-9(17)5-10(4-8)24-13-1-2-14(25(22,23)15(18)19)12(7-21)11(13)6-20/h1-5,15,20-21H,6-7H2. The Morgan fingerprint density at radius 3 is 2.24 bits per heavy atom. The van der Waals surface area contributed by atoms with Crippen molar-refractivity contribution in [2.45, 2.75) is 23.9 Å². The first-order valence-electron chi connectivity index (χ1n) is 6.73. The van der Waals surface area contributed by atoms with Crippen LogP contribution in [0.15, 0.2) is 35.2 Å². The number of hydrogen-bond donors (Lipinski definition) is 2. The van der Waals surface area contributed by atoms with Crippen LogP contribution < -0.4 is 4.74 Å². The van der Waals surface area contributed by atoms with E-state index in [-0.39, 0.29) is 22.1 Å². The predicted molar refractivity (Wildman–Crippen MR) is 83.0 cm³/mol. The van der Waals surface area contributed by atoms with Gasteiger partial charge >= 0.3 is 5.76 Å². The zero-order valence-electron chi connectivity index (χ0n) is 12.4. The molecule has 2 aromatic carbocycles. The Morgan fingerprint density at radius 1 is 1.08 bits per heavy atom. The van der Waals surface area contributed by atoms with Crippen molar-refractivity contribution >= 4 is 21.4 Å². The van der Waals surface area contributed by atoms with Gasteiger partial charge in [0.15, 0.2) is 0 Å². The number of ether oxygens (including phenoxy) is 1. The fourth-order valence-electron chi connectivity index (χ4n) is 2.17. The van der Waals surface area contributed by atoms with Crippen LogP contribution in [0, 0.1) is 5.82 Å². The summed E-state index contributed by atoms with van der Waals surface area (Å²) in [5.74, 6) is -4.60. The monoisotopic (exact) mass is 396 g/mol. The lowest BCUT2D eigenvalue weighted by atomic mass is 10.1. The quantitative estimate of drug-likeness (QED) is 0.783. The highest BCUT2D eigenvalue weighted by atomic mass is 35.5. The van der Waals surface area contributed by atoms with Crippen molar-refractivity contribution in [1.29, 1.82) is 0 Å². The molecule has 0 radical (unpaired) electrons. The van der Waals surface area contributed by atoms with Crippen LogP contribution in [-0.4, -0.2) is 24.4 Å². The lowest BCUT2D eigenvalue weighted by Crippen LogP contribution is -2.15. The minimum Gasteiger partial charge on any atom is -0.457 e. The van der Waals surface area contributed by atoms with Gasteiger partial charge in [0.25, 0.3) is 0 Å². The van der Waals surface area contributed by atoms with Crippen molar-refractivity contribution in [1.82, 2.24) is 0 Å².